The fourth-order valence-corrected chi connectivity index (χ4v) is 7.21. The summed E-state index contributed by atoms with van der Waals surface area (Å²) in [6.45, 7) is 4.92. The highest BCUT2D eigenvalue weighted by atomic mass is 32.2. The average Bonchev–Trinajstić information content (AvgIpc) is 3.37. The van der Waals surface area contributed by atoms with Crippen LogP contribution in [0.3, 0.4) is 0 Å². The first-order valence-electron chi connectivity index (χ1n) is 13.1. The van der Waals surface area contributed by atoms with Crippen molar-refractivity contribution >= 4 is 29.7 Å². The molecule has 0 aromatic heterocycles. The molecular weight excluding hydrogens is 452 g/mol. The third kappa shape index (κ3) is 5.50. The Morgan fingerprint density at radius 1 is 1.00 bits per heavy atom. The number of amides is 2. The van der Waals surface area contributed by atoms with Crippen LogP contribution in [0.5, 0.6) is 0 Å². The van der Waals surface area contributed by atoms with E-state index in [9.17, 15) is 9.59 Å². The van der Waals surface area contributed by atoms with Crippen molar-refractivity contribution < 1.29 is 9.59 Å². The van der Waals surface area contributed by atoms with Crippen LogP contribution in [0, 0.1) is 13.8 Å². The third-order valence-electron chi connectivity index (χ3n) is 7.82. The molecule has 0 spiro atoms. The van der Waals surface area contributed by atoms with Gasteiger partial charge in [0.1, 0.15) is 0 Å². The van der Waals surface area contributed by atoms with Crippen LogP contribution in [0.25, 0.3) is 6.08 Å². The van der Waals surface area contributed by atoms with E-state index >= 15 is 0 Å². The summed E-state index contributed by atoms with van der Waals surface area (Å²) in [6, 6.07) is 14.8. The number of carbonyl (C=O) groups is 2. The number of rotatable bonds is 5. The zero-order valence-electron chi connectivity index (χ0n) is 20.9. The van der Waals surface area contributed by atoms with Gasteiger partial charge in [0.05, 0.1) is 4.91 Å². The lowest BCUT2D eigenvalue weighted by molar-refractivity contribution is -0.130. The monoisotopic (exact) mass is 488 g/mol. The minimum Gasteiger partial charge on any atom is -0.349 e. The molecule has 2 aromatic rings. The van der Waals surface area contributed by atoms with Gasteiger partial charge in [0.2, 0.25) is 0 Å². The number of hydrogen-bond acceptors (Lipinski definition) is 3. The Morgan fingerprint density at radius 3 is 2.49 bits per heavy atom. The van der Waals surface area contributed by atoms with Crippen molar-refractivity contribution in [3.63, 3.8) is 0 Å². The molecule has 1 heterocycles. The molecule has 2 unspecified atom stereocenters. The summed E-state index contributed by atoms with van der Waals surface area (Å²) in [7, 11) is 0. The van der Waals surface area contributed by atoms with E-state index in [1.165, 1.54) is 42.4 Å². The molecule has 4 nitrogen and oxygen atoms in total. The first kappa shape index (κ1) is 24.2. The minimum atomic E-state index is 0.00367. The number of carbonyl (C=O) groups excluding carboxylic acids is 2. The van der Waals surface area contributed by atoms with Gasteiger partial charge in [-0.2, -0.15) is 0 Å². The van der Waals surface area contributed by atoms with Crippen molar-refractivity contribution in [1.29, 1.82) is 0 Å². The van der Waals surface area contributed by atoms with Crippen LogP contribution in [0.1, 0.15) is 84.0 Å². The van der Waals surface area contributed by atoms with Crippen LogP contribution in [-0.2, 0) is 11.3 Å². The number of thioether (sulfide) groups is 1. The van der Waals surface area contributed by atoms with E-state index in [-0.39, 0.29) is 11.8 Å². The standard InChI is InChI=1S/C30H36N2O2S/c1-20-11-12-21(2)24(17-20)19-32-26-9-5-6-10-27(26)35-28(30(32)34)18-22-13-15-23(16-14-22)29(33)31-25-7-3-4-8-25/h11-18,25-27H,3-10,19H2,1-2H3,(H,31,33)/b28-18+. The zero-order chi connectivity index (χ0) is 24.4. The smallest absolute Gasteiger partial charge is 0.260 e. The summed E-state index contributed by atoms with van der Waals surface area (Å²) in [6.07, 6.45) is 11.3. The Hall–Kier alpha value is -2.53. The fraction of sp³-hybridized carbons (Fsp3) is 0.467. The maximum atomic E-state index is 13.7. The molecule has 2 amide bonds. The van der Waals surface area contributed by atoms with E-state index < -0.39 is 0 Å². The molecule has 3 aliphatic rings. The highest BCUT2D eigenvalue weighted by Gasteiger charge is 2.40. The Labute approximate surface area is 213 Å². The van der Waals surface area contributed by atoms with Gasteiger partial charge in [0.15, 0.2) is 0 Å². The van der Waals surface area contributed by atoms with Crippen LogP contribution in [0.15, 0.2) is 47.4 Å². The van der Waals surface area contributed by atoms with Crippen LogP contribution in [-0.4, -0.2) is 34.0 Å². The summed E-state index contributed by atoms with van der Waals surface area (Å²) in [5.41, 5.74) is 5.37. The summed E-state index contributed by atoms with van der Waals surface area (Å²) >= 11 is 1.76. The van der Waals surface area contributed by atoms with E-state index in [0.29, 0.717) is 29.4 Å². The fourth-order valence-electron chi connectivity index (χ4n) is 5.74. The molecular formula is C30H36N2O2S. The normalized spacial score (nSPS) is 24.0. The Bertz CT molecular complexity index is 1120. The van der Waals surface area contributed by atoms with Crippen LogP contribution >= 0.6 is 11.8 Å². The predicted molar refractivity (Wildman–Crippen MR) is 144 cm³/mol. The topological polar surface area (TPSA) is 49.4 Å². The van der Waals surface area contributed by atoms with Gasteiger partial charge >= 0.3 is 0 Å². The molecule has 1 saturated heterocycles. The quantitative estimate of drug-likeness (QED) is 0.495. The second-order valence-electron chi connectivity index (χ2n) is 10.5. The summed E-state index contributed by atoms with van der Waals surface area (Å²) < 4.78 is 0. The summed E-state index contributed by atoms with van der Waals surface area (Å²) in [5.74, 6) is 0.145. The third-order valence-corrected chi connectivity index (χ3v) is 9.22. The molecule has 2 aromatic carbocycles. The number of aryl methyl sites for hydroxylation is 2. The van der Waals surface area contributed by atoms with Gasteiger partial charge in [-0.15, -0.1) is 11.8 Å². The molecule has 3 fully saturated rings. The molecule has 2 atom stereocenters. The largest absolute Gasteiger partial charge is 0.349 e. The summed E-state index contributed by atoms with van der Waals surface area (Å²) in [4.78, 5) is 29.3. The van der Waals surface area contributed by atoms with Crippen molar-refractivity contribution in [2.24, 2.45) is 0 Å². The van der Waals surface area contributed by atoms with Gasteiger partial charge < -0.3 is 10.2 Å². The molecule has 1 aliphatic heterocycles. The second-order valence-corrected chi connectivity index (χ2v) is 11.7. The lowest BCUT2D eigenvalue weighted by atomic mass is 9.92. The van der Waals surface area contributed by atoms with Crippen molar-refractivity contribution in [1.82, 2.24) is 10.2 Å². The average molecular weight is 489 g/mol. The second kappa shape index (κ2) is 10.6. The van der Waals surface area contributed by atoms with Crippen LogP contribution in [0.2, 0.25) is 0 Å². The zero-order valence-corrected chi connectivity index (χ0v) is 21.7. The van der Waals surface area contributed by atoms with Gasteiger partial charge in [0, 0.05) is 29.4 Å². The predicted octanol–water partition coefficient (Wildman–Crippen LogP) is 6.40. The number of fused-ring (bicyclic) bond motifs is 1. The molecule has 0 bridgehead atoms. The van der Waals surface area contributed by atoms with Crippen LogP contribution in [0.4, 0.5) is 0 Å². The molecule has 5 rings (SSSR count). The van der Waals surface area contributed by atoms with E-state index in [0.717, 1.165) is 36.2 Å². The number of nitrogens with zero attached hydrogens (tertiary/aromatic N) is 1. The van der Waals surface area contributed by atoms with Gasteiger partial charge in [-0.05, 0) is 74.4 Å². The first-order chi connectivity index (χ1) is 17.0. The van der Waals surface area contributed by atoms with Gasteiger partial charge in [-0.25, -0.2) is 0 Å². The number of nitrogens with one attached hydrogen (secondary N) is 1. The van der Waals surface area contributed by atoms with Crippen molar-refractivity contribution in [3.05, 3.63) is 75.2 Å². The SMILES string of the molecule is Cc1ccc(C)c(CN2C(=O)/C(=C\c3ccc(C(=O)NC4CCCC4)cc3)SC3CCCCC32)c1. The highest BCUT2D eigenvalue weighted by molar-refractivity contribution is 8.04. The molecule has 35 heavy (non-hydrogen) atoms. The van der Waals surface area contributed by atoms with E-state index in [1.54, 1.807) is 11.8 Å². The Balaban J connectivity index is 1.35. The maximum absolute atomic E-state index is 13.7. The number of hydrogen-bond donors (Lipinski definition) is 1. The Kier molecular flexibility index (Phi) is 7.33. The van der Waals surface area contributed by atoms with Gasteiger partial charge in [-0.1, -0.05) is 61.6 Å². The van der Waals surface area contributed by atoms with Crippen molar-refractivity contribution in [2.75, 3.05) is 0 Å². The van der Waals surface area contributed by atoms with Gasteiger partial charge in [0.25, 0.3) is 11.8 Å². The first-order valence-corrected chi connectivity index (χ1v) is 14.0. The molecule has 2 aliphatic carbocycles. The molecule has 0 radical (unpaired) electrons. The van der Waals surface area contributed by atoms with Crippen molar-refractivity contribution in [2.45, 2.75) is 89.1 Å². The lowest BCUT2D eigenvalue weighted by Crippen LogP contribution is -2.50. The number of benzene rings is 2. The molecule has 5 heteroatoms. The molecule has 2 saturated carbocycles. The lowest BCUT2D eigenvalue weighted by Gasteiger charge is -2.44. The van der Waals surface area contributed by atoms with Crippen molar-refractivity contribution in [3.8, 4) is 0 Å². The van der Waals surface area contributed by atoms with E-state index in [4.69, 9.17) is 0 Å². The highest BCUT2D eigenvalue weighted by Crippen LogP contribution is 2.43. The maximum Gasteiger partial charge on any atom is 0.260 e. The summed E-state index contributed by atoms with van der Waals surface area (Å²) in [5, 5.41) is 3.61. The van der Waals surface area contributed by atoms with Crippen LogP contribution < -0.4 is 5.32 Å². The van der Waals surface area contributed by atoms with E-state index in [1.807, 2.05) is 30.3 Å². The minimum absolute atomic E-state index is 0.00367. The molecule has 1 N–H and O–H groups in total. The van der Waals surface area contributed by atoms with Gasteiger partial charge in [-0.3, -0.25) is 9.59 Å². The Morgan fingerprint density at radius 2 is 1.71 bits per heavy atom. The van der Waals surface area contributed by atoms with E-state index in [2.05, 4.69) is 42.3 Å². The molecule has 184 valence electrons.